The highest BCUT2D eigenvalue weighted by Gasteiger charge is 2.20. The maximum absolute atomic E-state index is 12.4. The third-order valence-corrected chi connectivity index (χ3v) is 4.99. The fourth-order valence-electron chi connectivity index (χ4n) is 3.31. The number of hydrogen-bond donors (Lipinski definition) is 0. The molecule has 0 atom stereocenters. The van der Waals surface area contributed by atoms with Crippen molar-refractivity contribution in [3.8, 4) is 11.5 Å². The fraction of sp³-hybridized carbons (Fsp3) is 0.333. The third-order valence-electron chi connectivity index (χ3n) is 4.99. The summed E-state index contributed by atoms with van der Waals surface area (Å²) in [6.07, 6.45) is 2.69. The van der Waals surface area contributed by atoms with Gasteiger partial charge in [-0.05, 0) is 48.6 Å². The molecule has 2 heterocycles. The van der Waals surface area contributed by atoms with Crippen LogP contribution in [0.4, 0.5) is 0 Å². The number of aromatic nitrogens is 1. The van der Waals surface area contributed by atoms with Gasteiger partial charge in [0, 0.05) is 18.7 Å². The lowest BCUT2D eigenvalue weighted by Crippen LogP contribution is -2.38. The molecule has 0 N–H and O–H groups in total. The van der Waals surface area contributed by atoms with Crippen LogP contribution in [-0.4, -0.2) is 28.9 Å². The van der Waals surface area contributed by atoms with E-state index in [1.165, 1.54) is 0 Å². The molecule has 1 aliphatic rings. The predicted octanol–water partition coefficient (Wildman–Crippen LogP) is 4.30. The second kappa shape index (κ2) is 6.71. The molecule has 0 bridgehead atoms. The van der Waals surface area contributed by atoms with Crippen LogP contribution >= 0.6 is 0 Å². The van der Waals surface area contributed by atoms with E-state index in [2.05, 4.69) is 11.9 Å². The van der Waals surface area contributed by atoms with E-state index >= 15 is 0 Å². The summed E-state index contributed by atoms with van der Waals surface area (Å²) in [5.41, 5.74) is 3.61. The minimum Gasteiger partial charge on any atom is -0.436 e. The lowest BCUT2D eigenvalue weighted by Gasteiger charge is -2.30. The van der Waals surface area contributed by atoms with Crippen LogP contribution in [0.3, 0.4) is 0 Å². The SMILES string of the molecule is CC1CCN(C(=O)Cc2ccc(-c3nc4ccccc4o3)cc2)CC1. The number of piperidine rings is 1. The summed E-state index contributed by atoms with van der Waals surface area (Å²) in [5, 5.41) is 0. The third kappa shape index (κ3) is 3.43. The highest BCUT2D eigenvalue weighted by atomic mass is 16.3. The molecule has 0 spiro atoms. The minimum atomic E-state index is 0.224. The topological polar surface area (TPSA) is 46.3 Å². The van der Waals surface area contributed by atoms with Gasteiger partial charge >= 0.3 is 0 Å². The van der Waals surface area contributed by atoms with Crippen molar-refractivity contribution in [1.82, 2.24) is 9.88 Å². The van der Waals surface area contributed by atoms with Crippen LogP contribution in [0.25, 0.3) is 22.6 Å². The maximum Gasteiger partial charge on any atom is 0.227 e. The smallest absolute Gasteiger partial charge is 0.227 e. The molecule has 25 heavy (non-hydrogen) atoms. The lowest BCUT2D eigenvalue weighted by molar-refractivity contribution is -0.131. The molecule has 3 aromatic rings. The molecule has 1 amide bonds. The van der Waals surface area contributed by atoms with Gasteiger partial charge in [0.2, 0.25) is 11.8 Å². The average molecular weight is 334 g/mol. The maximum atomic E-state index is 12.4. The van der Waals surface area contributed by atoms with Crippen molar-refractivity contribution in [3.05, 3.63) is 54.1 Å². The Labute approximate surface area is 147 Å². The number of rotatable bonds is 3. The van der Waals surface area contributed by atoms with E-state index in [9.17, 15) is 4.79 Å². The van der Waals surface area contributed by atoms with E-state index in [1.807, 2.05) is 53.4 Å². The first-order valence-corrected chi connectivity index (χ1v) is 8.92. The van der Waals surface area contributed by atoms with Gasteiger partial charge in [-0.3, -0.25) is 4.79 Å². The first-order valence-electron chi connectivity index (χ1n) is 8.92. The predicted molar refractivity (Wildman–Crippen MR) is 98.1 cm³/mol. The molecule has 0 radical (unpaired) electrons. The van der Waals surface area contributed by atoms with E-state index in [0.717, 1.165) is 54.1 Å². The molecule has 0 unspecified atom stereocenters. The zero-order valence-electron chi connectivity index (χ0n) is 14.4. The number of benzene rings is 2. The summed E-state index contributed by atoms with van der Waals surface area (Å²) in [7, 11) is 0. The molecule has 2 aromatic carbocycles. The van der Waals surface area contributed by atoms with Gasteiger partial charge in [0.25, 0.3) is 0 Å². The lowest BCUT2D eigenvalue weighted by atomic mass is 9.98. The quantitative estimate of drug-likeness (QED) is 0.717. The number of hydrogen-bond acceptors (Lipinski definition) is 3. The molecule has 128 valence electrons. The number of carbonyl (C=O) groups is 1. The van der Waals surface area contributed by atoms with Gasteiger partial charge in [-0.15, -0.1) is 0 Å². The molecule has 1 aliphatic heterocycles. The Morgan fingerprint density at radius 1 is 1.12 bits per heavy atom. The van der Waals surface area contributed by atoms with Crippen molar-refractivity contribution in [1.29, 1.82) is 0 Å². The van der Waals surface area contributed by atoms with Crippen molar-refractivity contribution in [2.45, 2.75) is 26.2 Å². The summed E-state index contributed by atoms with van der Waals surface area (Å²) in [4.78, 5) is 18.9. The molecule has 4 heteroatoms. The van der Waals surface area contributed by atoms with E-state index in [1.54, 1.807) is 0 Å². The summed E-state index contributed by atoms with van der Waals surface area (Å²) in [6, 6.07) is 15.7. The molecular formula is C21H22N2O2. The van der Waals surface area contributed by atoms with Crippen LogP contribution < -0.4 is 0 Å². The van der Waals surface area contributed by atoms with Gasteiger partial charge in [0.05, 0.1) is 6.42 Å². The van der Waals surface area contributed by atoms with Crippen LogP contribution in [0.5, 0.6) is 0 Å². The molecule has 4 nitrogen and oxygen atoms in total. The second-order valence-corrected chi connectivity index (χ2v) is 6.92. The van der Waals surface area contributed by atoms with Crippen LogP contribution in [0.15, 0.2) is 52.9 Å². The Bertz CT molecular complexity index is 841. The van der Waals surface area contributed by atoms with Gasteiger partial charge in [-0.2, -0.15) is 0 Å². The Morgan fingerprint density at radius 2 is 1.84 bits per heavy atom. The van der Waals surface area contributed by atoms with E-state index < -0.39 is 0 Å². The Kier molecular flexibility index (Phi) is 4.26. The highest BCUT2D eigenvalue weighted by Crippen LogP contribution is 2.24. The number of oxazole rings is 1. The van der Waals surface area contributed by atoms with E-state index in [-0.39, 0.29) is 5.91 Å². The molecule has 1 fully saturated rings. The zero-order valence-corrected chi connectivity index (χ0v) is 14.4. The molecule has 4 rings (SSSR count). The summed E-state index contributed by atoms with van der Waals surface area (Å²) >= 11 is 0. The Morgan fingerprint density at radius 3 is 2.56 bits per heavy atom. The van der Waals surface area contributed by atoms with Crippen molar-refractivity contribution in [2.24, 2.45) is 5.92 Å². The molecule has 0 saturated carbocycles. The van der Waals surface area contributed by atoms with Gasteiger partial charge in [-0.1, -0.05) is 31.2 Å². The molecular weight excluding hydrogens is 312 g/mol. The standard InChI is InChI=1S/C21H22N2O2/c1-15-10-12-23(13-11-15)20(24)14-16-6-8-17(9-7-16)21-22-18-4-2-3-5-19(18)25-21/h2-9,15H,10-14H2,1H3. The number of nitrogens with zero attached hydrogens (tertiary/aromatic N) is 2. The number of carbonyl (C=O) groups excluding carboxylic acids is 1. The molecule has 1 saturated heterocycles. The normalized spacial score (nSPS) is 15.6. The Balaban J connectivity index is 1.45. The summed E-state index contributed by atoms with van der Waals surface area (Å²) in [6.45, 7) is 4.04. The van der Waals surface area contributed by atoms with Gasteiger partial charge < -0.3 is 9.32 Å². The summed E-state index contributed by atoms with van der Waals surface area (Å²) < 4.78 is 5.79. The average Bonchev–Trinajstić information content (AvgIpc) is 3.07. The van der Waals surface area contributed by atoms with Crippen molar-refractivity contribution < 1.29 is 9.21 Å². The number of fused-ring (bicyclic) bond motifs is 1. The highest BCUT2D eigenvalue weighted by molar-refractivity contribution is 5.79. The van der Waals surface area contributed by atoms with Crippen LogP contribution in [0, 0.1) is 5.92 Å². The van der Waals surface area contributed by atoms with Gasteiger partial charge in [0.15, 0.2) is 5.58 Å². The zero-order chi connectivity index (χ0) is 17.2. The summed E-state index contributed by atoms with van der Waals surface area (Å²) in [5.74, 6) is 1.57. The number of para-hydroxylation sites is 2. The minimum absolute atomic E-state index is 0.224. The van der Waals surface area contributed by atoms with Crippen LogP contribution in [0.1, 0.15) is 25.3 Å². The van der Waals surface area contributed by atoms with E-state index in [4.69, 9.17) is 4.42 Å². The second-order valence-electron chi connectivity index (χ2n) is 6.92. The van der Waals surface area contributed by atoms with Crippen LogP contribution in [0.2, 0.25) is 0 Å². The number of likely N-dealkylation sites (tertiary alicyclic amines) is 1. The van der Waals surface area contributed by atoms with E-state index in [0.29, 0.717) is 12.3 Å². The number of amides is 1. The van der Waals surface area contributed by atoms with Crippen molar-refractivity contribution in [3.63, 3.8) is 0 Å². The molecule has 1 aromatic heterocycles. The van der Waals surface area contributed by atoms with Crippen molar-refractivity contribution >= 4 is 17.0 Å². The molecule has 0 aliphatic carbocycles. The Hall–Kier alpha value is -2.62. The fourth-order valence-corrected chi connectivity index (χ4v) is 3.31. The van der Waals surface area contributed by atoms with Crippen LogP contribution in [-0.2, 0) is 11.2 Å². The monoisotopic (exact) mass is 334 g/mol. The first kappa shape index (κ1) is 15.9. The van der Waals surface area contributed by atoms with Gasteiger partial charge in [-0.25, -0.2) is 4.98 Å². The van der Waals surface area contributed by atoms with Crippen molar-refractivity contribution in [2.75, 3.05) is 13.1 Å². The van der Waals surface area contributed by atoms with Gasteiger partial charge in [0.1, 0.15) is 5.52 Å². The first-order chi connectivity index (χ1) is 12.2. The largest absolute Gasteiger partial charge is 0.436 e.